The van der Waals surface area contributed by atoms with Gasteiger partial charge in [-0.25, -0.2) is 0 Å². The molecule has 10 heavy (non-hydrogen) atoms. The van der Waals surface area contributed by atoms with Gasteiger partial charge in [-0.2, -0.15) is 0 Å². The van der Waals surface area contributed by atoms with Crippen molar-refractivity contribution in [2.45, 2.75) is 13.0 Å². The molecule has 0 radical (unpaired) electrons. The summed E-state index contributed by atoms with van der Waals surface area (Å²) in [4.78, 5) is 4.16. The highest BCUT2D eigenvalue weighted by Gasteiger charge is 2.26. The van der Waals surface area contributed by atoms with E-state index in [0.29, 0.717) is 6.10 Å². The number of hydrogen-bond donors (Lipinski definition) is 0. The summed E-state index contributed by atoms with van der Waals surface area (Å²) in [6.45, 7) is 2.88. The topological polar surface area (TPSA) is 25.4 Å². The fourth-order valence-electron chi connectivity index (χ4n) is 1.06. The van der Waals surface area contributed by atoms with E-state index in [1.807, 2.05) is 13.0 Å². The number of aromatic nitrogens is 1. The van der Waals surface area contributed by atoms with Crippen LogP contribution in [0.4, 0.5) is 0 Å². The average Bonchev–Trinajstić information content (AvgIpc) is 2.71. The molecular formula is C8H9NO. The van der Waals surface area contributed by atoms with Crippen molar-refractivity contribution in [1.82, 2.24) is 4.98 Å². The third-order valence-electron chi connectivity index (χ3n) is 1.73. The molecule has 1 aliphatic heterocycles. The number of epoxide rings is 1. The van der Waals surface area contributed by atoms with Crippen molar-refractivity contribution in [3.05, 3.63) is 29.6 Å². The minimum atomic E-state index is 0.341. The summed E-state index contributed by atoms with van der Waals surface area (Å²) in [6.07, 6.45) is 2.15. The Morgan fingerprint density at radius 2 is 2.50 bits per heavy atom. The zero-order valence-electron chi connectivity index (χ0n) is 5.87. The van der Waals surface area contributed by atoms with Crippen LogP contribution in [0, 0.1) is 6.92 Å². The Hall–Kier alpha value is -0.890. The van der Waals surface area contributed by atoms with Crippen LogP contribution in [0.15, 0.2) is 18.3 Å². The highest BCUT2D eigenvalue weighted by molar-refractivity contribution is 5.23. The van der Waals surface area contributed by atoms with Gasteiger partial charge in [-0.3, -0.25) is 4.98 Å². The van der Waals surface area contributed by atoms with Crippen molar-refractivity contribution >= 4 is 0 Å². The maximum atomic E-state index is 5.14. The van der Waals surface area contributed by atoms with E-state index in [4.69, 9.17) is 4.74 Å². The molecule has 0 N–H and O–H groups in total. The van der Waals surface area contributed by atoms with Gasteiger partial charge in [0.1, 0.15) is 6.10 Å². The summed E-state index contributed by atoms with van der Waals surface area (Å²) in [6, 6.07) is 4.02. The number of pyridine rings is 1. The molecule has 0 spiro atoms. The molecule has 1 aromatic rings. The fourth-order valence-corrected chi connectivity index (χ4v) is 1.06. The third-order valence-corrected chi connectivity index (χ3v) is 1.73. The lowest BCUT2D eigenvalue weighted by atomic mass is 10.1. The quantitative estimate of drug-likeness (QED) is 0.545. The molecule has 1 aliphatic rings. The van der Waals surface area contributed by atoms with Crippen LogP contribution in [0.2, 0.25) is 0 Å². The van der Waals surface area contributed by atoms with Crippen LogP contribution >= 0.6 is 0 Å². The van der Waals surface area contributed by atoms with E-state index in [0.717, 1.165) is 12.3 Å². The summed E-state index contributed by atoms with van der Waals surface area (Å²) in [7, 11) is 0. The fraction of sp³-hybridized carbons (Fsp3) is 0.375. The normalized spacial score (nSPS) is 22.7. The van der Waals surface area contributed by atoms with Crippen LogP contribution < -0.4 is 0 Å². The minimum absolute atomic E-state index is 0.341. The molecule has 2 nitrogen and oxygen atoms in total. The number of hydrogen-bond acceptors (Lipinski definition) is 2. The van der Waals surface area contributed by atoms with E-state index in [-0.39, 0.29) is 0 Å². The van der Waals surface area contributed by atoms with Gasteiger partial charge in [0.25, 0.3) is 0 Å². The van der Waals surface area contributed by atoms with E-state index in [1.165, 1.54) is 5.56 Å². The molecule has 0 aliphatic carbocycles. The first-order valence-corrected chi connectivity index (χ1v) is 3.41. The highest BCUT2D eigenvalue weighted by atomic mass is 16.6. The van der Waals surface area contributed by atoms with Gasteiger partial charge < -0.3 is 4.74 Å². The van der Waals surface area contributed by atoms with Crippen LogP contribution in [-0.2, 0) is 4.74 Å². The Bertz CT molecular complexity index is 243. The van der Waals surface area contributed by atoms with Gasteiger partial charge >= 0.3 is 0 Å². The first-order chi connectivity index (χ1) is 4.88. The molecule has 1 fully saturated rings. The molecule has 52 valence electrons. The van der Waals surface area contributed by atoms with E-state index >= 15 is 0 Å². The number of ether oxygens (including phenoxy) is 1. The molecule has 1 aromatic heterocycles. The molecule has 0 amide bonds. The monoisotopic (exact) mass is 135 g/mol. The summed E-state index contributed by atoms with van der Waals surface area (Å²) in [5.41, 5.74) is 2.33. The molecule has 2 rings (SSSR count). The Morgan fingerprint density at radius 3 is 3.10 bits per heavy atom. The summed E-state index contributed by atoms with van der Waals surface area (Å²) >= 11 is 0. The van der Waals surface area contributed by atoms with Crippen molar-refractivity contribution < 1.29 is 4.74 Å². The van der Waals surface area contributed by atoms with E-state index < -0.39 is 0 Å². The SMILES string of the molecule is Cc1ncccc1[C@@H]1CO1. The van der Waals surface area contributed by atoms with Gasteiger partial charge in [-0.15, -0.1) is 0 Å². The van der Waals surface area contributed by atoms with Gasteiger partial charge in [0, 0.05) is 17.5 Å². The average molecular weight is 135 g/mol. The van der Waals surface area contributed by atoms with E-state index in [1.54, 1.807) is 6.20 Å². The van der Waals surface area contributed by atoms with Crippen molar-refractivity contribution in [1.29, 1.82) is 0 Å². The van der Waals surface area contributed by atoms with E-state index in [9.17, 15) is 0 Å². The smallest absolute Gasteiger partial charge is 0.108 e. The standard InChI is InChI=1S/C8H9NO/c1-6-7(8-5-10-8)3-2-4-9-6/h2-4,8H,5H2,1H3/t8-/m0/s1. The van der Waals surface area contributed by atoms with Crippen molar-refractivity contribution in [2.24, 2.45) is 0 Å². The second-order valence-electron chi connectivity index (χ2n) is 2.50. The van der Waals surface area contributed by atoms with Crippen molar-refractivity contribution in [3.63, 3.8) is 0 Å². The van der Waals surface area contributed by atoms with Crippen LogP contribution in [0.1, 0.15) is 17.4 Å². The molecule has 2 heterocycles. The van der Waals surface area contributed by atoms with Gasteiger partial charge in [-0.05, 0) is 13.0 Å². The summed E-state index contributed by atoms with van der Waals surface area (Å²) in [5, 5.41) is 0. The second-order valence-corrected chi connectivity index (χ2v) is 2.50. The Morgan fingerprint density at radius 1 is 1.70 bits per heavy atom. The predicted molar refractivity (Wildman–Crippen MR) is 37.7 cm³/mol. The zero-order valence-corrected chi connectivity index (χ0v) is 5.87. The van der Waals surface area contributed by atoms with Crippen molar-refractivity contribution in [3.8, 4) is 0 Å². The number of rotatable bonds is 1. The first-order valence-electron chi connectivity index (χ1n) is 3.41. The maximum absolute atomic E-state index is 5.14. The molecule has 0 saturated carbocycles. The molecule has 2 heteroatoms. The zero-order chi connectivity index (χ0) is 6.97. The molecular weight excluding hydrogens is 126 g/mol. The highest BCUT2D eigenvalue weighted by Crippen LogP contribution is 2.30. The summed E-state index contributed by atoms with van der Waals surface area (Å²) in [5.74, 6) is 0. The first kappa shape index (κ1) is 5.86. The molecule has 0 bridgehead atoms. The van der Waals surface area contributed by atoms with Crippen LogP contribution in [0.3, 0.4) is 0 Å². The van der Waals surface area contributed by atoms with Crippen LogP contribution in [-0.4, -0.2) is 11.6 Å². The van der Waals surface area contributed by atoms with Gasteiger partial charge in [0.05, 0.1) is 6.61 Å². The lowest BCUT2D eigenvalue weighted by Gasteiger charge is -1.97. The summed E-state index contributed by atoms with van der Waals surface area (Å²) < 4.78 is 5.14. The lowest BCUT2D eigenvalue weighted by Crippen LogP contribution is -1.88. The molecule has 1 atom stereocenters. The van der Waals surface area contributed by atoms with Crippen LogP contribution in [0.5, 0.6) is 0 Å². The minimum Gasteiger partial charge on any atom is -0.368 e. The molecule has 0 aromatic carbocycles. The number of nitrogens with zero attached hydrogens (tertiary/aromatic N) is 1. The van der Waals surface area contributed by atoms with Crippen molar-refractivity contribution in [2.75, 3.05) is 6.61 Å². The maximum Gasteiger partial charge on any atom is 0.108 e. The van der Waals surface area contributed by atoms with E-state index in [2.05, 4.69) is 11.1 Å². The van der Waals surface area contributed by atoms with Gasteiger partial charge in [0.2, 0.25) is 0 Å². The predicted octanol–water partition coefficient (Wildman–Crippen LogP) is 1.46. The van der Waals surface area contributed by atoms with Crippen LogP contribution in [0.25, 0.3) is 0 Å². The molecule has 0 unspecified atom stereocenters. The van der Waals surface area contributed by atoms with Gasteiger partial charge in [0.15, 0.2) is 0 Å². The Labute approximate surface area is 59.9 Å². The third kappa shape index (κ3) is 0.907. The lowest BCUT2D eigenvalue weighted by molar-refractivity contribution is 0.414. The van der Waals surface area contributed by atoms with Gasteiger partial charge in [-0.1, -0.05) is 6.07 Å². The second kappa shape index (κ2) is 2.06. The largest absolute Gasteiger partial charge is 0.368 e. The Balaban J connectivity index is 2.39. The Kier molecular flexibility index (Phi) is 1.21. The molecule has 1 saturated heterocycles. The number of aryl methyl sites for hydroxylation is 1.